The smallest absolute Gasteiger partial charge is 0.354 e. The number of hydrogen-bond donors (Lipinski definition) is 1. The molecule has 0 bridgehead atoms. The van der Waals surface area contributed by atoms with Crippen LogP contribution in [0.3, 0.4) is 0 Å². The van der Waals surface area contributed by atoms with E-state index in [1.165, 1.54) is 26.4 Å². The number of rotatable bonds is 3. The Balaban J connectivity index is 3.13. The van der Waals surface area contributed by atoms with E-state index in [4.69, 9.17) is 14.6 Å². The van der Waals surface area contributed by atoms with Gasteiger partial charge >= 0.3 is 5.97 Å². The van der Waals surface area contributed by atoms with Gasteiger partial charge in [-0.2, -0.15) is 0 Å². The summed E-state index contributed by atoms with van der Waals surface area (Å²) >= 11 is 0. The summed E-state index contributed by atoms with van der Waals surface area (Å²) in [5.41, 5.74) is -0.0716. The van der Waals surface area contributed by atoms with Crippen LogP contribution in [0.4, 0.5) is 0 Å². The third-order valence-corrected chi connectivity index (χ3v) is 1.46. The lowest BCUT2D eigenvalue weighted by molar-refractivity contribution is 0.0689. The number of ether oxygens (including phenoxy) is 2. The first-order valence-corrected chi connectivity index (χ1v) is 3.51. The highest BCUT2D eigenvalue weighted by atomic mass is 16.5. The van der Waals surface area contributed by atoms with Crippen LogP contribution < -0.4 is 9.47 Å². The lowest BCUT2D eigenvalue weighted by Crippen LogP contribution is -2.02. The second-order valence-corrected chi connectivity index (χ2v) is 2.21. The molecule has 0 unspecified atom stereocenters. The van der Waals surface area contributed by atoms with E-state index >= 15 is 0 Å². The Morgan fingerprint density at radius 3 is 2.54 bits per heavy atom. The molecule has 1 rings (SSSR count). The molecule has 0 radical (unpaired) electrons. The van der Waals surface area contributed by atoms with Crippen LogP contribution >= 0.6 is 0 Å². The van der Waals surface area contributed by atoms with Crippen molar-refractivity contribution in [2.75, 3.05) is 14.2 Å². The van der Waals surface area contributed by atoms with E-state index in [1.54, 1.807) is 0 Å². The highest BCUT2D eigenvalue weighted by Crippen LogP contribution is 2.23. The topological polar surface area (TPSA) is 68.7 Å². The largest absolute Gasteiger partial charge is 0.491 e. The molecule has 0 aliphatic rings. The quantitative estimate of drug-likeness (QED) is 0.750. The van der Waals surface area contributed by atoms with E-state index in [1.807, 2.05) is 0 Å². The Kier molecular flexibility index (Phi) is 2.69. The SMILES string of the molecule is COc1ccc(C(=O)O)nc1OC. The zero-order valence-corrected chi connectivity index (χ0v) is 7.27. The highest BCUT2D eigenvalue weighted by Gasteiger charge is 2.10. The molecular formula is C8H9NO4. The van der Waals surface area contributed by atoms with Crippen LogP contribution in [0.1, 0.15) is 10.5 Å². The zero-order chi connectivity index (χ0) is 9.84. The van der Waals surface area contributed by atoms with E-state index in [-0.39, 0.29) is 11.6 Å². The van der Waals surface area contributed by atoms with Gasteiger partial charge in [0.15, 0.2) is 11.4 Å². The number of carbonyl (C=O) groups is 1. The molecular weight excluding hydrogens is 174 g/mol. The third-order valence-electron chi connectivity index (χ3n) is 1.46. The van der Waals surface area contributed by atoms with Gasteiger partial charge in [0.25, 0.3) is 5.88 Å². The van der Waals surface area contributed by atoms with Gasteiger partial charge in [-0.15, -0.1) is 0 Å². The first kappa shape index (κ1) is 9.31. The molecule has 1 N–H and O–H groups in total. The van der Waals surface area contributed by atoms with Crippen molar-refractivity contribution in [1.29, 1.82) is 0 Å². The first-order valence-electron chi connectivity index (χ1n) is 3.51. The van der Waals surface area contributed by atoms with Crippen LogP contribution in [0.25, 0.3) is 0 Å². The van der Waals surface area contributed by atoms with E-state index in [0.717, 1.165) is 0 Å². The molecule has 0 aliphatic heterocycles. The van der Waals surface area contributed by atoms with E-state index < -0.39 is 5.97 Å². The lowest BCUT2D eigenvalue weighted by atomic mass is 10.3. The summed E-state index contributed by atoms with van der Waals surface area (Å²) in [7, 11) is 2.86. The summed E-state index contributed by atoms with van der Waals surface area (Å²) in [5, 5.41) is 8.61. The number of carboxylic acid groups (broad SMARTS) is 1. The van der Waals surface area contributed by atoms with E-state index in [0.29, 0.717) is 5.75 Å². The van der Waals surface area contributed by atoms with Crippen molar-refractivity contribution in [3.05, 3.63) is 17.8 Å². The number of aromatic nitrogens is 1. The Morgan fingerprint density at radius 1 is 1.38 bits per heavy atom. The number of pyridine rings is 1. The van der Waals surface area contributed by atoms with E-state index in [9.17, 15) is 4.79 Å². The molecule has 13 heavy (non-hydrogen) atoms. The number of nitrogens with zero attached hydrogens (tertiary/aromatic N) is 1. The minimum absolute atomic E-state index is 0.0716. The molecule has 1 heterocycles. The van der Waals surface area contributed by atoms with Crippen molar-refractivity contribution >= 4 is 5.97 Å². The van der Waals surface area contributed by atoms with Crippen LogP contribution in [0.5, 0.6) is 11.6 Å². The molecule has 1 aromatic rings. The summed E-state index contributed by atoms with van der Waals surface area (Å²) in [6.07, 6.45) is 0. The van der Waals surface area contributed by atoms with Gasteiger partial charge in [-0.05, 0) is 12.1 Å². The molecule has 5 heteroatoms. The van der Waals surface area contributed by atoms with Crippen molar-refractivity contribution in [3.8, 4) is 11.6 Å². The number of methoxy groups -OCH3 is 2. The van der Waals surface area contributed by atoms with E-state index in [2.05, 4.69) is 4.98 Å². The molecule has 0 amide bonds. The third kappa shape index (κ3) is 1.87. The number of hydrogen-bond acceptors (Lipinski definition) is 4. The summed E-state index contributed by atoms with van der Waals surface area (Å²) in [5.74, 6) is -0.518. The maximum Gasteiger partial charge on any atom is 0.354 e. The van der Waals surface area contributed by atoms with Crippen molar-refractivity contribution in [1.82, 2.24) is 4.98 Å². The van der Waals surface area contributed by atoms with Crippen molar-refractivity contribution in [3.63, 3.8) is 0 Å². The highest BCUT2D eigenvalue weighted by molar-refractivity contribution is 5.85. The maximum atomic E-state index is 10.5. The van der Waals surface area contributed by atoms with Crippen LogP contribution in [-0.4, -0.2) is 30.3 Å². The summed E-state index contributed by atoms with van der Waals surface area (Å²) in [6, 6.07) is 2.85. The van der Waals surface area contributed by atoms with Crippen LogP contribution in [0, 0.1) is 0 Å². The summed E-state index contributed by atoms with van der Waals surface area (Å²) < 4.78 is 9.72. The van der Waals surface area contributed by atoms with Crippen LogP contribution in [-0.2, 0) is 0 Å². The molecule has 0 saturated heterocycles. The Hall–Kier alpha value is -1.78. The van der Waals surface area contributed by atoms with Gasteiger partial charge in [0, 0.05) is 0 Å². The van der Waals surface area contributed by atoms with Gasteiger partial charge in [-0.25, -0.2) is 9.78 Å². The lowest BCUT2D eigenvalue weighted by Gasteiger charge is -2.05. The minimum atomic E-state index is -1.10. The molecule has 0 fully saturated rings. The first-order chi connectivity index (χ1) is 6.19. The minimum Gasteiger partial charge on any atom is -0.491 e. The Labute approximate surface area is 74.9 Å². The van der Waals surface area contributed by atoms with Crippen LogP contribution in [0.2, 0.25) is 0 Å². The predicted octanol–water partition coefficient (Wildman–Crippen LogP) is 0.797. The predicted molar refractivity (Wildman–Crippen MR) is 44.3 cm³/mol. The standard InChI is InChI=1S/C8H9NO4/c1-12-6-4-3-5(8(10)11)9-7(6)13-2/h3-4H,1-2H3,(H,10,11). The Morgan fingerprint density at radius 2 is 2.08 bits per heavy atom. The average Bonchev–Trinajstić information content (AvgIpc) is 2.16. The van der Waals surface area contributed by atoms with Crippen LogP contribution in [0.15, 0.2) is 12.1 Å². The fraction of sp³-hybridized carbons (Fsp3) is 0.250. The van der Waals surface area contributed by atoms with Crippen molar-refractivity contribution in [2.45, 2.75) is 0 Å². The van der Waals surface area contributed by atoms with Gasteiger partial charge < -0.3 is 14.6 Å². The van der Waals surface area contributed by atoms with Gasteiger partial charge in [0.1, 0.15) is 0 Å². The molecule has 0 spiro atoms. The van der Waals surface area contributed by atoms with Gasteiger partial charge in [-0.3, -0.25) is 0 Å². The molecule has 5 nitrogen and oxygen atoms in total. The van der Waals surface area contributed by atoms with Gasteiger partial charge in [-0.1, -0.05) is 0 Å². The maximum absolute atomic E-state index is 10.5. The van der Waals surface area contributed by atoms with Crippen molar-refractivity contribution in [2.24, 2.45) is 0 Å². The second kappa shape index (κ2) is 3.75. The van der Waals surface area contributed by atoms with Gasteiger partial charge in [0.05, 0.1) is 14.2 Å². The Bertz CT molecular complexity index is 324. The fourth-order valence-corrected chi connectivity index (χ4v) is 0.848. The normalized spacial score (nSPS) is 9.38. The summed E-state index contributed by atoms with van der Waals surface area (Å²) in [6.45, 7) is 0. The molecule has 1 aromatic heterocycles. The van der Waals surface area contributed by atoms with Gasteiger partial charge in [0.2, 0.25) is 0 Å². The number of aromatic carboxylic acids is 1. The molecule has 0 aliphatic carbocycles. The molecule has 0 atom stereocenters. The molecule has 0 saturated carbocycles. The second-order valence-electron chi connectivity index (χ2n) is 2.21. The fourth-order valence-electron chi connectivity index (χ4n) is 0.848. The zero-order valence-electron chi connectivity index (χ0n) is 7.27. The van der Waals surface area contributed by atoms with Crippen molar-refractivity contribution < 1.29 is 19.4 Å². The molecule has 0 aromatic carbocycles. The average molecular weight is 183 g/mol. The summed E-state index contributed by atoms with van der Waals surface area (Å²) in [4.78, 5) is 14.2. The monoisotopic (exact) mass is 183 g/mol. The number of carboxylic acids is 1. The molecule has 70 valence electrons.